The van der Waals surface area contributed by atoms with E-state index in [1.54, 1.807) is 0 Å². The van der Waals surface area contributed by atoms with Gasteiger partial charge in [0.05, 0.1) is 19.3 Å². The van der Waals surface area contributed by atoms with E-state index in [-0.39, 0.29) is 23.4 Å². The number of carbonyl (C=O) groups is 2. The van der Waals surface area contributed by atoms with E-state index in [0.29, 0.717) is 45.4 Å². The summed E-state index contributed by atoms with van der Waals surface area (Å²) in [5.41, 5.74) is -0.116. The molecule has 3 saturated heterocycles. The largest absolute Gasteiger partial charge is 0.381 e. The Balaban J connectivity index is 1.46. The van der Waals surface area contributed by atoms with E-state index >= 15 is 0 Å². The second-order valence-corrected chi connectivity index (χ2v) is 8.50. The van der Waals surface area contributed by atoms with Gasteiger partial charge in [0, 0.05) is 57.4 Å². The highest BCUT2D eigenvalue weighted by Gasteiger charge is 2.47. The fourth-order valence-electron chi connectivity index (χ4n) is 4.82. The predicted octanol–water partition coefficient (Wildman–Crippen LogP) is 0.727. The molecule has 1 aliphatic carbocycles. The highest BCUT2D eigenvalue weighted by Crippen LogP contribution is 2.39. The number of carbonyl (C=O) groups excluding carboxylic acids is 2. The predicted molar refractivity (Wildman–Crippen MR) is 100 cm³/mol. The van der Waals surface area contributed by atoms with Crippen molar-refractivity contribution < 1.29 is 19.1 Å². The number of nitrogens with zero attached hydrogens (tertiary/aromatic N) is 3. The van der Waals surface area contributed by atoms with Gasteiger partial charge in [-0.1, -0.05) is 0 Å². The average Bonchev–Trinajstić information content (AvgIpc) is 3.56. The number of rotatable bonds is 3. The molecule has 0 N–H and O–H groups in total. The van der Waals surface area contributed by atoms with Crippen LogP contribution in [0.4, 0.5) is 0 Å². The minimum absolute atomic E-state index is 0.116. The minimum Gasteiger partial charge on any atom is -0.381 e. The molecule has 1 saturated carbocycles. The number of hydrogen-bond acceptors (Lipinski definition) is 5. The molecule has 0 bridgehead atoms. The van der Waals surface area contributed by atoms with Crippen molar-refractivity contribution in [2.75, 3.05) is 59.2 Å². The van der Waals surface area contributed by atoms with Crippen LogP contribution >= 0.6 is 0 Å². The molecule has 0 radical (unpaired) electrons. The van der Waals surface area contributed by atoms with E-state index in [0.717, 1.165) is 51.7 Å². The number of amides is 2. The van der Waals surface area contributed by atoms with Gasteiger partial charge in [0.15, 0.2) is 0 Å². The Labute approximate surface area is 161 Å². The van der Waals surface area contributed by atoms with Crippen LogP contribution < -0.4 is 0 Å². The van der Waals surface area contributed by atoms with Gasteiger partial charge < -0.3 is 19.3 Å². The van der Waals surface area contributed by atoms with Crippen LogP contribution in [-0.2, 0) is 19.1 Å². The van der Waals surface area contributed by atoms with Gasteiger partial charge in [-0.2, -0.15) is 0 Å². The lowest BCUT2D eigenvalue weighted by Gasteiger charge is -2.45. The molecular formula is C20H33N3O4. The summed E-state index contributed by atoms with van der Waals surface area (Å²) in [7, 11) is 0. The summed E-state index contributed by atoms with van der Waals surface area (Å²) >= 11 is 0. The minimum atomic E-state index is -0.120. The molecule has 0 aromatic heterocycles. The van der Waals surface area contributed by atoms with Gasteiger partial charge in [0.1, 0.15) is 0 Å². The van der Waals surface area contributed by atoms with E-state index in [1.807, 2.05) is 11.8 Å². The first kappa shape index (κ1) is 19.2. The highest BCUT2D eigenvalue weighted by atomic mass is 16.5. The second-order valence-electron chi connectivity index (χ2n) is 8.50. The lowest BCUT2D eigenvalue weighted by Crippen LogP contribution is -2.55. The summed E-state index contributed by atoms with van der Waals surface area (Å²) in [4.78, 5) is 32.5. The fourth-order valence-corrected chi connectivity index (χ4v) is 4.82. The van der Waals surface area contributed by atoms with E-state index in [4.69, 9.17) is 9.47 Å². The SMILES string of the molecule is C[C@@H](C(=O)N1CCN(C(=O)C2CC2)C2(CCOCC2)CC1)N1CCOCC1. The van der Waals surface area contributed by atoms with Crippen molar-refractivity contribution in [3.05, 3.63) is 0 Å². The van der Waals surface area contributed by atoms with Crippen molar-refractivity contribution in [2.24, 2.45) is 5.92 Å². The number of ether oxygens (including phenoxy) is 2. The van der Waals surface area contributed by atoms with Crippen LogP contribution in [0.15, 0.2) is 0 Å². The summed E-state index contributed by atoms with van der Waals surface area (Å²) < 4.78 is 11.0. The van der Waals surface area contributed by atoms with Crippen LogP contribution in [0.25, 0.3) is 0 Å². The Morgan fingerprint density at radius 2 is 1.56 bits per heavy atom. The highest BCUT2D eigenvalue weighted by molar-refractivity contribution is 5.83. The van der Waals surface area contributed by atoms with Gasteiger partial charge in [-0.15, -0.1) is 0 Å². The van der Waals surface area contributed by atoms with Gasteiger partial charge in [-0.05, 0) is 39.0 Å². The third-order valence-electron chi connectivity index (χ3n) is 6.89. The molecule has 4 rings (SSSR count). The molecule has 0 aromatic carbocycles. The zero-order valence-electron chi connectivity index (χ0n) is 16.5. The Kier molecular flexibility index (Phi) is 5.71. The fraction of sp³-hybridized carbons (Fsp3) is 0.900. The van der Waals surface area contributed by atoms with E-state index in [2.05, 4.69) is 9.80 Å². The van der Waals surface area contributed by atoms with Crippen LogP contribution in [0.3, 0.4) is 0 Å². The summed E-state index contributed by atoms with van der Waals surface area (Å²) in [6, 6.07) is -0.120. The van der Waals surface area contributed by atoms with Gasteiger partial charge in [0.2, 0.25) is 11.8 Å². The van der Waals surface area contributed by atoms with E-state index in [9.17, 15) is 9.59 Å². The maximum atomic E-state index is 13.2. The van der Waals surface area contributed by atoms with Crippen LogP contribution in [0.5, 0.6) is 0 Å². The van der Waals surface area contributed by atoms with Gasteiger partial charge in [-0.3, -0.25) is 14.5 Å². The molecule has 1 atom stereocenters. The van der Waals surface area contributed by atoms with Crippen molar-refractivity contribution in [3.8, 4) is 0 Å². The zero-order chi connectivity index (χ0) is 18.9. The first-order valence-corrected chi connectivity index (χ1v) is 10.6. The zero-order valence-corrected chi connectivity index (χ0v) is 16.5. The Hall–Kier alpha value is -1.18. The summed E-state index contributed by atoms with van der Waals surface area (Å²) in [6.07, 6.45) is 4.71. The molecule has 0 aromatic rings. The molecule has 3 heterocycles. The van der Waals surface area contributed by atoms with Crippen LogP contribution in [-0.4, -0.2) is 97.2 Å². The average molecular weight is 380 g/mol. The molecule has 7 heteroatoms. The molecular weight excluding hydrogens is 346 g/mol. The molecule has 2 amide bonds. The van der Waals surface area contributed by atoms with Crippen LogP contribution in [0.1, 0.15) is 39.0 Å². The standard InChI is InChI=1S/C20H33N3O4/c1-16(21-10-14-27-15-11-21)18(24)22-7-4-20(5-12-26-13-6-20)23(9-8-22)19(25)17-2-3-17/h16-17H,2-15H2,1H3/t16-/m0/s1. The van der Waals surface area contributed by atoms with E-state index in [1.165, 1.54) is 0 Å². The Morgan fingerprint density at radius 1 is 0.889 bits per heavy atom. The van der Waals surface area contributed by atoms with Crippen LogP contribution in [0, 0.1) is 5.92 Å². The van der Waals surface area contributed by atoms with Crippen molar-refractivity contribution in [2.45, 2.75) is 50.6 Å². The molecule has 0 unspecified atom stereocenters. The lowest BCUT2D eigenvalue weighted by atomic mass is 9.84. The third-order valence-corrected chi connectivity index (χ3v) is 6.89. The van der Waals surface area contributed by atoms with Gasteiger partial charge in [0.25, 0.3) is 0 Å². The molecule has 3 aliphatic heterocycles. The lowest BCUT2D eigenvalue weighted by molar-refractivity contribution is -0.143. The van der Waals surface area contributed by atoms with Crippen molar-refractivity contribution in [1.29, 1.82) is 0 Å². The summed E-state index contributed by atoms with van der Waals surface area (Å²) in [5, 5.41) is 0. The smallest absolute Gasteiger partial charge is 0.239 e. The Morgan fingerprint density at radius 3 is 2.22 bits per heavy atom. The molecule has 7 nitrogen and oxygen atoms in total. The normalized spacial score (nSPS) is 28.0. The van der Waals surface area contributed by atoms with Gasteiger partial charge >= 0.3 is 0 Å². The maximum Gasteiger partial charge on any atom is 0.239 e. The number of hydrogen-bond donors (Lipinski definition) is 0. The van der Waals surface area contributed by atoms with Crippen molar-refractivity contribution in [3.63, 3.8) is 0 Å². The first-order chi connectivity index (χ1) is 13.1. The third kappa shape index (κ3) is 4.00. The molecule has 152 valence electrons. The monoisotopic (exact) mass is 379 g/mol. The molecule has 1 spiro atoms. The van der Waals surface area contributed by atoms with Crippen molar-refractivity contribution >= 4 is 11.8 Å². The summed E-state index contributed by atoms with van der Waals surface area (Å²) in [6.45, 7) is 8.51. The second kappa shape index (κ2) is 8.05. The van der Waals surface area contributed by atoms with Crippen LogP contribution in [0.2, 0.25) is 0 Å². The first-order valence-electron chi connectivity index (χ1n) is 10.6. The van der Waals surface area contributed by atoms with Crippen molar-refractivity contribution in [1.82, 2.24) is 14.7 Å². The van der Waals surface area contributed by atoms with Gasteiger partial charge in [-0.25, -0.2) is 0 Å². The number of morpholine rings is 1. The Bertz CT molecular complexity index is 553. The summed E-state index contributed by atoms with van der Waals surface area (Å²) in [5.74, 6) is 0.728. The van der Waals surface area contributed by atoms with E-state index < -0.39 is 0 Å². The molecule has 4 aliphatic rings. The molecule has 4 fully saturated rings. The topological polar surface area (TPSA) is 62.3 Å². The maximum absolute atomic E-state index is 13.2. The molecule has 27 heavy (non-hydrogen) atoms. The quantitative estimate of drug-likeness (QED) is 0.723.